The Hall–Kier alpha value is -3.95. The summed E-state index contributed by atoms with van der Waals surface area (Å²) in [5, 5.41) is 11.4. The molecule has 2 aromatic rings. The van der Waals surface area contributed by atoms with Gasteiger partial charge in [-0.2, -0.15) is 0 Å². The predicted octanol–water partition coefficient (Wildman–Crippen LogP) is 3.39. The summed E-state index contributed by atoms with van der Waals surface area (Å²) in [6.07, 6.45) is 4.32. The van der Waals surface area contributed by atoms with Crippen LogP contribution in [0.2, 0.25) is 0 Å². The Morgan fingerprint density at radius 2 is 2.06 bits per heavy atom. The Kier molecular flexibility index (Phi) is 6.49. The zero-order valence-corrected chi connectivity index (χ0v) is 19.5. The molecule has 1 aromatic carbocycles. The summed E-state index contributed by atoms with van der Waals surface area (Å²) < 4.78 is 5.57. The molecule has 1 aliphatic carbocycles. The van der Waals surface area contributed by atoms with Crippen molar-refractivity contribution in [1.82, 2.24) is 9.88 Å². The van der Waals surface area contributed by atoms with E-state index in [1.54, 1.807) is 40.3 Å². The van der Waals surface area contributed by atoms with Gasteiger partial charge in [0.15, 0.2) is 17.4 Å². The standard InChI is InChI=1S/C24H29N7O3/c1-14(2)30-9-10-31(24(30)33)20-11-19(17(12-27-20)21(32)15-7-8-15)29-18-6-4-5-16(22(18)34-3)23(26)28-13-25/h4-6,11-15H,7-10H2,1-3H3,(H,27,29)(H3,25,26,28). The quantitative estimate of drug-likeness (QED) is 0.312. The maximum Gasteiger partial charge on any atom is 0.326 e. The van der Waals surface area contributed by atoms with Crippen LogP contribution in [0, 0.1) is 11.3 Å². The molecule has 2 heterocycles. The van der Waals surface area contributed by atoms with Crippen molar-refractivity contribution in [2.75, 3.05) is 30.4 Å². The van der Waals surface area contributed by atoms with Crippen molar-refractivity contribution >= 4 is 41.2 Å². The van der Waals surface area contributed by atoms with Crippen LogP contribution in [0.3, 0.4) is 0 Å². The number of hydrogen-bond donors (Lipinski definition) is 3. The van der Waals surface area contributed by atoms with Gasteiger partial charge in [-0.3, -0.25) is 15.1 Å². The molecule has 34 heavy (non-hydrogen) atoms. The van der Waals surface area contributed by atoms with Gasteiger partial charge >= 0.3 is 6.03 Å². The predicted molar refractivity (Wildman–Crippen MR) is 132 cm³/mol. The lowest BCUT2D eigenvalue weighted by atomic mass is 10.1. The number of hydrogen-bond acceptors (Lipinski definition) is 6. The van der Waals surface area contributed by atoms with Crippen LogP contribution in [-0.4, -0.2) is 60.1 Å². The van der Waals surface area contributed by atoms with Gasteiger partial charge in [0.2, 0.25) is 0 Å². The van der Waals surface area contributed by atoms with E-state index in [4.69, 9.17) is 15.9 Å². The molecule has 10 heteroatoms. The molecule has 0 spiro atoms. The number of carbonyl (C=O) groups is 2. The average Bonchev–Trinajstić information content (AvgIpc) is 3.60. The van der Waals surface area contributed by atoms with Crippen molar-refractivity contribution in [3.05, 3.63) is 41.6 Å². The van der Waals surface area contributed by atoms with Crippen molar-refractivity contribution in [1.29, 1.82) is 5.41 Å². The third kappa shape index (κ3) is 4.43. The zero-order chi connectivity index (χ0) is 24.4. The summed E-state index contributed by atoms with van der Waals surface area (Å²) in [5.41, 5.74) is 7.34. The Morgan fingerprint density at radius 3 is 2.68 bits per heavy atom. The van der Waals surface area contributed by atoms with E-state index in [0.29, 0.717) is 47.2 Å². The third-order valence-corrected chi connectivity index (χ3v) is 5.99. The van der Waals surface area contributed by atoms with E-state index in [2.05, 4.69) is 15.3 Å². The summed E-state index contributed by atoms with van der Waals surface area (Å²) in [4.78, 5) is 37.6. The zero-order valence-electron chi connectivity index (χ0n) is 19.5. The van der Waals surface area contributed by atoms with Gasteiger partial charge in [-0.25, -0.2) is 14.8 Å². The van der Waals surface area contributed by atoms with Crippen LogP contribution >= 0.6 is 0 Å². The first-order valence-corrected chi connectivity index (χ1v) is 11.2. The van der Waals surface area contributed by atoms with E-state index in [0.717, 1.165) is 19.2 Å². The molecule has 1 aliphatic heterocycles. The van der Waals surface area contributed by atoms with Crippen molar-refractivity contribution in [2.45, 2.75) is 32.7 Å². The van der Waals surface area contributed by atoms with Crippen LogP contribution in [0.5, 0.6) is 5.75 Å². The average molecular weight is 464 g/mol. The second-order valence-corrected chi connectivity index (χ2v) is 8.59. The number of ketones is 1. The number of benzene rings is 1. The van der Waals surface area contributed by atoms with E-state index in [-0.39, 0.29) is 29.6 Å². The lowest BCUT2D eigenvalue weighted by Crippen LogP contribution is -2.36. The minimum atomic E-state index is -0.109. The highest BCUT2D eigenvalue weighted by Gasteiger charge is 2.35. The van der Waals surface area contributed by atoms with Crippen LogP contribution in [0.15, 0.2) is 35.5 Å². The molecule has 2 aliphatic rings. The number of rotatable bonds is 8. The number of nitrogens with one attached hydrogen (secondary N) is 2. The number of aromatic nitrogens is 1. The van der Waals surface area contributed by atoms with E-state index in [9.17, 15) is 9.59 Å². The molecule has 1 saturated carbocycles. The largest absolute Gasteiger partial charge is 0.494 e. The van der Waals surface area contributed by atoms with Crippen molar-refractivity contribution in [3.63, 3.8) is 0 Å². The van der Waals surface area contributed by atoms with Gasteiger partial charge in [0.1, 0.15) is 5.82 Å². The highest BCUT2D eigenvalue weighted by molar-refractivity contribution is 6.07. The molecule has 1 saturated heterocycles. The molecule has 0 unspecified atom stereocenters. The van der Waals surface area contributed by atoms with Crippen LogP contribution in [0.4, 0.5) is 22.0 Å². The fourth-order valence-electron chi connectivity index (χ4n) is 4.03. The number of pyridine rings is 1. The van der Waals surface area contributed by atoms with Crippen LogP contribution in [-0.2, 0) is 0 Å². The lowest BCUT2D eigenvalue weighted by molar-refractivity contribution is 0.0968. The van der Waals surface area contributed by atoms with Gasteiger partial charge in [-0.1, -0.05) is 6.07 Å². The summed E-state index contributed by atoms with van der Waals surface area (Å²) >= 11 is 0. The third-order valence-electron chi connectivity index (χ3n) is 5.99. The molecule has 2 fully saturated rings. The molecule has 4 N–H and O–H groups in total. The number of urea groups is 1. The van der Waals surface area contributed by atoms with Crippen molar-refractivity contribution < 1.29 is 14.3 Å². The number of para-hydroxylation sites is 1. The molecule has 2 amide bonds. The number of amides is 2. The molecule has 10 nitrogen and oxygen atoms in total. The van der Waals surface area contributed by atoms with Gasteiger partial charge in [0.25, 0.3) is 0 Å². The fourth-order valence-corrected chi connectivity index (χ4v) is 4.03. The van der Waals surface area contributed by atoms with Gasteiger partial charge < -0.3 is 20.7 Å². The first-order chi connectivity index (χ1) is 16.3. The van der Waals surface area contributed by atoms with Gasteiger partial charge in [-0.15, -0.1) is 0 Å². The summed E-state index contributed by atoms with van der Waals surface area (Å²) in [6.45, 7) is 5.09. The van der Waals surface area contributed by atoms with E-state index >= 15 is 0 Å². The minimum absolute atomic E-state index is 0.00153. The van der Waals surface area contributed by atoms with Crippen LogP contribution in [0.25, 0.3) is 0 Å². The number of anilines is 3. The molecular formula is C24H29N7O3. The number of Topliss-reactive ketones (excluding diaryl/α,β-unsaturated/α-hetero) is 1. The minimum Gasteiger partial charge on any atom is -0.494 e. The van der Waals surface area contributed by atoms with Crippen molar-refractivity contribution in [2.24, 2.45) is 16.6 Å². The fraction of sp³-hybridized carbons (Fsp3) is 0.375. The molecule has 178 valence electrons. The van der Waals surface area contributed by atoms with Gasteiger partial charge in [-0.05, 0) is 38.8 Å². The number of nitrogens with zero attached hydrogens (tertiary/aromatic N) is 4. The monoisotopic (exact) mass is 463 g/mol. The van der Waals surface area contributed by atoms with E-state index in [1.807, 2.05) is 13.8 Å². The second-order valence-electron chi connectivity index (χ2n) is 8.59. The number of amidine groups is 1. The summed E-state index contributed by atoms with van der Waals surface area (Å²) in [5.74, 6) is 0.833. The summed E-state index contributed by atoms with van der Waals surface area (Å²) in [7, 11) is 1.50. The number of nitrogens with two attached hydrogens (primary N) is 1. The summed E-state index contributed by atoms with van der Waals surface area (Å²) in [6, 6.07) is 6.96. The Bertz CT molecular complexity index is 1160. The van der Waals surface area contributed by atoms with Crippen LogP contribution in [0.1, 0.15) is 42.6 Å². The molecule has 0 bridgehead atoms. The van der Waals surface area contributed by atoms with Crippen molar-refractivity contribution in [3.8, 4) is 5.75 Å². The van der Waals surface area contributed by atoms with E-state index in [1.165, 1.54) is 7.11 Å². The smallest absolute Gasteiger partial charge is 0.326 e. The SMILES string of the molecule is COc1c(Nc2cc(N3CCN(C(C)C)C3=O)ncc2C(=O)C2CC2)cccc1C(=N)/N=C\N. The highest BCUT2D eigenvalue weighted by Crippen LogP contribution is 2.38. The Balaban J connectivity index is 1.74. The van der Waals surface area contributed by atoms with E-state index < -0.39 is 0 Å². The highest BCUT2D eigenvalue weighted by atomic mass is 16.5. The second kappa shape index (κ2) is 9.50. The number of aliphatic imine (C=N–C) groups is 1. The Labute approximate surface area is 198 Å². The first-order valence-electron chi connectivity index (χ1n) is 11.2. The lowest BCUT2D eigenvalue weighted by Gasteiger charge is -2.22. The number of carbonyl (C=O) groups excluding carboxylic acids is 2. The first kappa shape index (κ1) is 23.2. The number of methoxy groups -OCH3 is 1. The van der Waals surface area contributed by atoms with Gasteiger partial charge in [0.05, 0.1) is 36.0 Å². The molecule has 0 radical (unpaired) electrons. The van der Waals surface area contributed by atoms with Gasteiger partial charge in [0, 0.05) is 37.3 Å². The topological polar surface area (TPSA) is 137 Å². The molecular weight excluding hydrogens is 434 g/mol. The Morgan fingerprint density at radius 1 is 1.29 bits per heavy atom. The van der Waals surface area contributed by atoms with Crippen LogP contribution < -0.4 is 20.7 Å². The molecule has 0 atom stereocenters. The number of ether oxygens (including phenoxy) is 1. The normalized spacial score (nSPS) is 15.9. The maximum atomic E-state index is 13.0. The molecule has 1 aromatic heterocycles. The maximum absolute atomic E-state index is 13.0. The molecule has 4 rings (SSSR count).